The summed E-state index contributed by atoms with van der Waals surface area (Å²) in [5.74, 6) is 0.817. The van der Waals surface area contributed by atoms with Crippen LogP contribution in [0.25, 0.3) is 0 Å². The minimum absolute atomic E-state index is 0. The van der Waals surface area contributed by atoms with E-state index in [1.165, 1.54) is 0 Å². The molecule has 7 heteroatoms. The topological polar surface area (TPSA) is 58.1 Å². The molecule has 0 aliphatic rings. The van der Waals surface area contributed by atoms with Crippen LogP contribution in [-0.4, -0.2) is 76.6 Å². The number of ether oxygens (including phenoxy) is 2. The number of nitrogens with zero attached hydrogens (tertiary/aromatic N) is 2. The molecule has 22 heavy (non-hydrogen) atoms. The van der Waals surface area contributed by atoms with Crippen LogP contribution in [0.3, 0.4) is 0 Å². The summed E-state index contributed by atoms with van der Waals surface area (Å²) in [4.78, 5) is 6.66. The maximum absolute atomic E-state index is 5.40. The SMILES string of the molecule is CN=C(NCCOCCOC)NCCN(C(C)C)C(C)C.I. The monoisotopic (exact) mass is 430 g/mol. The van der Waals surface area contributed by atoms with Crippen LogP contribution in [0.15, 0.2) is 4.99 Å². The second-order valence-corrected chi connectivity index (χ2v) is 5.46. The number of nitrogens with one attached hydrogen (secondary N) is 2. The molecule has 0 atom stereocenters. The summed E-state index contributed by atoms with van der Waals surface area (Å²) in [6, 6.07) is 1.10. The molecule has 6 nitrogen and oxygen atoms in total. The maximum Gasteiger partial charge on any atom is 0.191 e. The fourth-order valence-corrected chi connectivity index (χ4v) is 2.12. The molecule has 0 fully saturated rings. The van der Waals surface area contributed by atoms with E-state index in [2.05, 4.69) is 48.2 Å². The highest BCUT2D eigenvalue weighted by molar-refractivity contribution is 14.0. The molecule has 0 amide bonds. The summed E-state index contributed by atoms with van der Waals surface area (Å²) in [6.45, 7) is 13.4. The first-order valence-electron chi connectivity index (χ1n) is 7.79. The highest BCUT2D eigenvalue weighted by Gasteiger charge is 2.12. The summed E-state index contributed by atoms with van der Waals surface area (Å²) in [7, 11) is 3.45. The third-order valence-electron chi connectivity index (χ3n) is 3.18. The van der Waals surface area contributed by atoms with Crippen molar-refractivity contribution in [3.8, 4) is 0 Å². The van der Waals surface area contributed by atoms with Crippen molar-refractivity contribution in [3.05, 3.63) is 0 Å². The first-order chi connectivity index (χ1) is 10.0. The van der Waals surface area contributed by atoms with Gasteiger partial charge in [0.1, 0.15) is 0 Å². The minimum atomic E-state index is 0. The molecule has 0 rings (SSSR count). The number of halogens is 1. The van der Waals surface area contributed by atoms with Gasteiger partial charge in [0.05, 0.1) is 19.8 Å². The molecule has 0 heterocycles. The molecule has 0 spiro atoms. The summed E-state index contributed by atoms with van der Waals surface area (Å²) in [6.07, 6.45) is 0. The number of guanidine groups is 1. The van der Waals surface area contributed by atoms with E-state index in [0.717, 1.165) is 25.6 Å². The van der Waals surface area contributed by atoms with Gasteiger partial charge >= 0.3 is 0 Å². The molecule has 0 aromatic heterocycles. The summed E-state index contributed by atoms with van der Waals surface area (Å²) >= 11 is 0. The van der Waals surface area contributed by atoms with Crippen LogP contribution in [-0.2, 0) is 9.47 Å². The Morgan fingerprint density at radius 1 is 1.00 bits per heavy atom. The third-order valence-corrected chi connectivity index (χ3v) is 3.18. The Morgan fingerprint density at radius 3 is 2.09 bits per heavy atom. The zero-order valence-corrected chi connectivity index (χ0v) is 17.3. The van der Waals surface area contributed by atoms with Gasteiger partial charge < -0.3 is 20.1 Å². The predicted octanol–water partition coefficient (Wildman–Crippen LogP) is 1.55. The standard InChI is InChI=1S/C15H34N4O2.HI/c1-13(2)19(14(3)4)9-7-17-15(16-5)18-8-10-21-12-11-20-6;/h13-14H,7-12H2,1-6H3,(H2,16,17,18);1H. The molecule has 0 aromatic carbocycles. The van der Waals surface area contributed by atoms with Gasteiger partial charge in [0.25, 0.3) is 0 Å². The maximum atomic E-state index is 5.40. The van der Waals surface area contributed by atoms with Crippen LogP contribution in [0.2, 0.25) is 0 Å². The van der Waals surface area contributed by atoms with Crippen molar-refractivity contribution in [3.63, 3.8) is 0 Å². The lowest BCUT2D eigenvalue weighted by Gasteiger charge is -2.30. The lowest BCUT2D eigenvalue weighted by atomic mass is 10.2. The molecule has 0 aliphatic heterocycles. The second-order valence-electron chi connectivity index (χ2n) is 5.46. The van der Waals surface area contributed by atoms with Gasteiger partial charge in [0, 0.05) is 45.9 Å². The average molecular weight is 430 g/mol. The van der Waals surface area contributed by atoms with Crippen molar-refractivity contribution in [2.24, 2.45) is 4.99 Å². The van der Waals surface area contributed by atoms with Gasteiger partial charge in [-0.25, -0.2) is 0 Å². The van der Waals surface area contributed by atoms with E-state index in [9.17, 15) is 0 Å². The molecule has 2 N–H and O–H groups in total. The van der Waals surface area contributed by atoms with Crippen molar-refractivity contribution < 1.29 is 9.47 Å². The van der Waals surface area contributed by atoms with E-state index >= 15 is 0 Å². The lowest BCUT2D eigenvalue weighted by molar-refractivity contribution is 0.0733. The van der Waals surface area contributed by atoms with Gasteiger partial charge in [0.15, 0.2) is 5.96 Å². The number of methoxy groups -OCH3 is 1. The first-order valence-corrected chi connectivity index (χ1v) is 7.79. The molecular formula is C15H35IN4O2. The molecule has 0 unspecified atom stereocenters. The Hall–Kier alpha value is -0.120. The Labute approximate surface area is 153 Å². The Kier molecular flexibility index (Phi) is 17.3. The van der Waals surface area contributed by atoms with Gasteiger partial charge in [-0.05, 0) is 27.7 Å². The van der Waals surface area contributed by atoms with Crippen LogP contribution in [0.4, 0.5) is 0 Å². The largest absolute Gasteiger partial charge is 0.382 e. The van der Waals surface area contributed by atoms with E-state index in [0.29, 0.717) is 31.9 Å². The summed E-state index contributed by atoms with van der Waals surface area (Å²) < 4.78 is 10.3. The van der Waals surface area contributed by atoms with E-state index < -0.39 is 0 Å². The smallest absolute Gasteiger partial charge is 0.191 e. The van der Waals surface area contributed by atoms with Crippen LogP contribution in [0.1, 0.15) is 27.7 Å². The van der Waals surface area contributed by atoms with Crippen LogP contribution in [0, 0.1) is 0 Å². The molecule has 0 aromatic rings. The fourth-order valence-electron chi connectivity index (χ4n) is 2.12. The van der Waals surface area contributed by atoms with Gasteiger partial charge in [-0.1, -0.05) is 0 Å². The van der Waals surface area contributed by atoms with Crippen LogP contribution in [0.5, 0.6) is 0 Å². The highest BCUT2D eigenvalue weighted by atomic mass is 127. The number of rotatable bonds is 11. The number of hydrogen-bond acceptors (Lipinski definition) is 4. The first kappa shape index (κ1) is 24.1. The van der Waals surface area contributed by atoms with Crippen molar-refractivity contribution in [1.29, 1.82) is 0 Å². The Balaban J connectivity index is 0. The Bertz CT molecular complexity index is 268. The van der Waals surface area contributed by atoms with E-state index in [-0.39, 0.29) is 24.0 Å². The molecule has 0 saturated carbocycles. The molecule has 0 bridgehead atoms. The quantitative estimate of drug-likeness (QED) is 0.226. The molecule has 0 aliphatic carbocycles. The van der Waals surface area contributed by atoms with Crippen LogP contribution >= 0.6 is 24.0 Å². The highest BCUT2D eigenvalue weighted by Crippen LogP contribution is 2.03. The fraction of sp³-hybridized carbons (Fsp3) is 0.933. The summed E-state index contributed by atoms with van der Waals surface area (Å²) in [5.41, 5.74) is 0. The molecular weight excluding hydrogens is 395 g/mol. The van der Waals surface area contributed by atoms with Gasteiger partial charge in [-0.15, -0.1) is 24.0 Å². The van der Waals surface area contributed by atoms with Gasteiger partial charge in [-0.2, -0.15) is 0 Å². The molecule has 134 valence electrons. The lowest BCUT2D eigenvalue weighted by Crippen LogP contribution is -2.45. The summed E-state index contributed by atoms with van der Waals surface area (Å²) in [5, 5.41) is 6.56. The van der Waals surface area contributed by atoms with Gasteiger partial charge in [0.2, 0.25) is 0 Å². The van der Waals surface area contributed by atoms with Crippen molar-refractivity contribution >= 4 is 29.9 Å². The van der Waals surface area contributed by atoms with Crippen LogP contribution < -0.4 is 10.6 Å². The Morgan fingerprint density at radius 2 is 1.59 bits per heavy atom. The number of hydrogen-bond donors (Lipinski definition) is 2. The van der Waals surface area contributed by atoms with Crippen molar-refractivity contribution in [1.82, 2.24) is 15.5 Å². The molecule has 0 radical (unpaired) electrons. The van der Waals surface area contributed by atoms with Crippen molar-refractivity contribution in [2.45, 2.75) is 39.8 Å². The van der Waals surface area contributed by atoms with E-state index in [4.69, 9.17) is 9.47 Å². The normalized spacial score (nSPS) is 12.0. The zero-order chi connectivity index (χ0) is 16.1. The predicted molar refractivity (Wildman–Crippen MR) is 104 cm³/mol. The third kappa shape index (κ3) is 12.4. The minimum Gasteiger partial charge on any atom is -0.382 e. The van der Waals surface area contributed by atoms with E-state index in [1.807, 2.05) is 0 Å². The van der Waals surface area contributed by atoms with E-state index in [1.54, 1.807) is 14.2 Å². The second kappa shape index (κ2) is 15.8. The average Bonchev–Trinajstić information content (AvgIpc) is 2.43. The van der Waals surface area contributed by atoms with Crippen molar-refractivity contribution in [2.75, 3.05) is 53.6 Å². The molecule has 0 saturated heterocycles. The number of aliphatic imine (C=N–C) groups is 1. The van der Waals surface area contributed by atoms with Gasteiger partial charge in [-0.3, -0.25) is 9.89 Å². The zero-order valence-electron chi connectivity index (χ0n) is 15.0.